The summed E-state index contributed by atoms with van der Waals surface area (Å²) in [7, 11) is 0. The fourth-order valence-corrected chi connectivity index (χ4v) is 1.61. The van der Waals surface area contributed by atoms with Crippen molar-refractivity contribution in [3.63, 3.8) is 0 Å². The minimum Gasteiger partial charge on any atom is -0.481 e. The number of H-pyrrole nitrogens is 1. The van der Waals surface area contributed by atoms with E-state index in [4.69, 9.17) is 5.11 Å². The second-order valence-electron chi connectivity index (χ2n) is 3.51. The molecule has 0 aliphatic heterocycles. The van der Waals surface area contributed by atoms with Gasteiger partial charge in [-0.2, -0.15) is 0 Å². The van der Waals surface area contributed by atoms with Crippen molar-refractivity contribution in [3.8, 4) is 11.4 Å². The standard InChI is InChI=1S/C12H12N2O2/c15-11(16)6-8-14-9-7-13-12(14)10-4-2-1-3-5-10/h1-5,7,9H,6,8H2,(H,15,16)/p+1. The lowest BCUT2D eigenvalue weighted by Gasteiger charge is -1.98. The first kappa shape index (κ1) is 10.4. The summed E-state index contributed by atoms with van der Waals surface area (Å²) in [4.78, 5) is 13.6. The maximum Gasteiger partial charge on any atom is 0.307 e. The van der Waals surface area contributed by atoms with E-state index in [1.807, 2.05) is 47.3 Å². The van der Waals surface area contributed by atoms with E-state index in [1.54, 1.807) is 0 Å². The van der Waals surface area contributed by atoms with E-state index in [0.717, 1.165) is 11.4 Å². The molecule has 2 aromatic rings. The van der Waals surface area contributed by atoms with Crippen LogP contribution in [0.3, 0.4) is 0 Å². The number of hydrogen-bond acceptors (Lipinski definition) is 1. The molecule has 0 aliphatic rings. The average Bonchev–Trinajstić information content (AvgIpc) is 2.75. The molecule has 0 unspecified atom stereocenters. The normalized spacial score (nSPS) is 10.2. The Morgan fingerprint density at radius 3 is 2.75 bits per heavy atom. The molecule has 0 aliphatic carbocycles. The van der Waals surface area contributed by atoms with Crippen molar-refractivity contribution in [1.29, 1.82) is 0 Å². The second-order valence-corrected chi connectivity index (χ2v) is 3.51. The zero-order chi connectivity index (χ0) is 11.4. The van der Waals surface area contributed by atoms with Gasteiger partial charge in [-0.25, -0.2) is 9.55 Å². The number of aromatic nitrogens is 2. The third-order valence-electron chi connectivity index (χ3n) is 2.38. The first-order valence-electron chi connectivity index (χ1n) is 5.11. The molecule has 1 aromatic heterocycles. The summed E-state index contributed by atoms with van der Waals surface area (Å²) >= 11 is 0. The van der Waals surface area contributed by atoms with E-state index in [1.165, 1.54) is 0 Å². The van der Waals surface area contributed by atoms with Gasteiger partial charge in [0.15, 0.2) is 0 Å². The largest absolute Gasteiger partial charge is 0.481 e. The van der Waals surface area contributed by atoms with E-state index < -0.39 is 5.97 Å². The Morgan fingerprint density at radius 1 is 1.31 bits per heavy atom. The number of nitrogens with one attached hydrogen (secondary N) is 1. The molecule has 0 saturated carbocycles. The van der Waals surface area contributed by atoms with Gasteiger partial charge in [0.2, 0.25) is 0 Å². The predicted octanol–water partition coefficient (Wildman–Crippen LogP) is 1.44. The number of rotatable bonds is 4. The zero-order valence-electron chi connectivity index (χ0n) is 8.76. The number of hydrogen-bond donors (Lipinski definition) is 2. The number of carbonyl (C=O) groups is 1. The van der Waals surface area contributed by atoms with E-state index in [-0.39, 0.29) is 6.42 Å². The Labute approximate surface area is 93.2 Å². The molecule has 0 atom stereocenters. The number of carboxylic acid groups (broad SMARTS) is 1. The summed E-state index contributed by atoms with van der Waals surface area (Å²) < 4.78 is 1.91. The molecule has 1 aromatic carbocycles. The number of aryl methyl sites for hydroxylation is 1. The lowest BCUT2D eigenvalue weighted by molar-refractivity contribution is -0.683. The Morgan fingerprint density at radius 2 is 2.06 bits per heavy atom. The third-order valence-corrected chi connectivity index (χ3v) is 2.38. The highest BCUT2D eigenvalue weighted by Gasteiger charge is 2.13. The third kappa shape index (κ3) is 2.28. The molecule has 2 rings (SSSR count). The fourth-order valence-electron chi connectivity index (χ4n) is 1.61. The van der Waals surface area contributed by atoms with Crippen molar-refractivity contribution >= 4 is 5.97 Å². The summed E-state index contributed by atoms with van der Waals surface area (Å²) in [5, 5.41) is 8.65. The number of nitrogens with zero attached hydrogens (tertiary/aromatic N) is 1. The maximum absolute atomic E-state index is 10.5. The molecule has 0 bridgehead atoms. The number of carboxylic acids is 1. The summed E-state index contributed by atoms with van der Waals surface area (Å²) in [6.45, 7) is 0.475. The smallest absolute Gasteiger partial charge is 0.307 e. The monoisotopic (exact) mass is 217 g/mol. The van der Waals surface area contributed by atoms with Crippen LogP contribution in [0.1, 0.15) is 6.42 Å². The molecule has 2 N–H and O–H groups in total. The lowest BCUT2D eigenvalue weighted by atomic mass is 10.2. The maximum atomic E-state index is 10.5. The van der Waals surface area contributed by atoms with E-state index >= 15 is 0 Å². The van der Waals surface area contributed by atoms with Crippen molar-refractivity contribution < 1.29 is 14.5 Å². The van der Waals surface area contributed by atoms with Gasteiger partial charge in [-0.05, 0) is 12.1 Å². The first-order valence-corrected chi connectivity index (χ1v) is 5.11. The van der Waals surface area contributed by atoms with Gasteiger partial charge in [-0.3, -0.25) is 4.79 Å². The van der Waals surface area contributed by atoms with Crippen LogP contribution < -0.4 is 4.57 Å². The van der Waals surface area contributed by atoms with Crippen LogP contribution in [0, 0.1) is 0 Å². The van der Waals surface area contributed by atoms with E-state index in [9.17, 15) is 4.79 Å². The van der Waals surface area contributed by atoms with Crippen molar-refractivity contribution in [2.45, 2.75) is 13.0 Å². The lowest BCUT2D eigenvalue weighted by Crippen LogP contribution is -2.34. The van der Waals surface area contributed by atoms with Gasteiger partial charge in [0.1, 0.15) is 18.9 Å². The van der Waals surface area contributed by atoms with Crippen LogP contribution >= 0.6 is 0 Å². The Balaban J connectivity index is 2.23. The quantitative estimate of drug-likeness (QED) is 0.761. The average molecular weight is 217 g/mol. The molecular formula is C12H13N2O2+. The number of imidazole rings is 1. The molecule has 4 heteroatoms. The molecule has 4 nitrogen and oxygen atoms in total. The Hall–Kier alpha value is -2.10. The van der Waals surface area contributed by atoms with Gasteiger partial charge in [0.05, 0.1) is 12.0 Å². The molecule has 16 heavy (non-hydrogen) atoms. The van der Waals surface area contributed by atoms with Crippen LogP contribution in [0.15, 0.2) is 42.7 Å². The highest BCUT2D eigenvalue weighted by atomic mass is 16.4. The van der Waals surface area contributed by atoms with Gasteiger partial charge < -0.3 is 5.11 Å². The second kappa shape index (κ2) is 4.61. The van der Waals surface area contributed by atoms with Crippen molar-refractivity contribution in [1.82, 2.24) is 4.98 Å². The van der Waals surface area contributed by atoms with Crippen LogP contribution in [-0.4, -0.2) is 16.1 Å². The van der Waals surface area contributed by atoms with Crippen LogP contribution in [0.2, 0.25) is 0 Å². The van der Waals surface area contributed by atoms with Gasteiger partial charge >= 0.3 is 5.97 Å². The first-order chi connectivity index (χ1) is 7.77. The highest BCUT2D eigenvalue weighted by molar-refractivity contribution is 5.66. The summed E-state index contributed by atoms with van der Waals surface area (Å²) in [5.74, 6) is 0.148. The summed E-state index contributed by atoms with van der Waals surface area (Å²) in [5.41, 5.74) is 1.05. The Kier molecular flexibility index (Phi) is 3.00. The summed E-state index contributed by atoms with van der Waals surface area (Å²) in [6.07, 6.45) is 3.79. The van der Waals surface area contributed by atoms with Gasteiger partial charge in [-0.15, -0.1) is 0 Å². The molecule has 82 valence electrons. The predicted molar refractivity (Wildman–Crippen MR) is 58.7 cm³/mol. The molecule has 0 spiro atoms. The number of aliphatic carboxylic acids is 1. The minimum atomic E-state index is -0.785. The molecule has 0 fully saturated rings. The van der Waals surface area contributed by atoms with E-state index in [0.29, 0.717) is 6.54 Å². The highest BCUT2D eigenvalue weighted by Crippen LogP contribution is 2.11. The summed E-state index contributed by atoms with van der Waals surface area (Å²) in [6, 6.07) is 9.84. The van der Waals surface area contributed by atoms with Crippen LogP contribution in [0.25, 0.3) is 11.4 Å². The SMILES string of the molecule is O=C(O)CC[n+]1cc[nH]c1-c1ccccc1. The van der Waals surface area contributed by atoms with E-state index in [2.05, 4.69) is 4.98 Å². The number of aromatic amines is 1. The van der Waals surface area contributed by atoms with Crippen LogP contribution in [0.4, 0.5) is 0 Å². The molecular weight excluding hydrogens is 204 g/mol. The number of benzene rings is 1. The van der Waals surface area contributed by atoms with Gasteiger partial charge in [0.25, 0.3) is 5.82 Å². The Bertz CT molecular complexity index is 477. The fraction of sp³-hybridized carbons (Fsp3) is 0.167. The van der Waals surface area contributed by atoms with Crippen LogP contribution in [-0.2, 0) is 11.3 Å². The van der Waals surface area contributed by atoms with Crippen molar-refractivity contribution in [3.05, 3.63) is 42.7 Å². The van der Waals surface area contributed by atoms with Crippen molar-refractivity contribution in [2.24, 2.45) is 0 Å². The van der Waals surface area contributed by atoms with Gasteiger partial charge in [0, 0.05) is 0 Å². The topological polar surface area (TPSA) is 57.0 Å². The molecule has 0 saturated heterocycles. The van der Waals surface area contributed by atoms with Crippen LogP contribution in [0.5, 0.6) is 0 Å². The molecule has 0 amide bonds. The zero-order valence-corrected chi connectivity index (χ0v) is 8.76. The molecule has 0 radical (unpaired) electrons. The van der Waals surface area contributed by atoms with Gasteiger partial charge in [-0.1, -0.05) is 18.2 Å². The molecule has 1 heterocycles. The van der Waals surface area contributed by atoms with Crippen molar-refractivity contribution in [2.75, 3.05) is 0 Å². The minimum absolute atomic E-state index is 0.127.